The first-order valence-corrected chi connectivity index (χ1v) is 7.61. The summed E-state index contributed by atoms with van der Waals surface area (Å²) in [6.45, 7) is 4.51. The summed E-state index contributed by atoms with van der Waals surface area (Å²) in [4.78, 5) is 15.7. The zero-order valence-electron chi connectivity index (χ0n) is 13.1. The number of rotatable bonds is 10. The molecular formula is C15H21N5O3. The summed E-state index contributed by atoms with van der Waals surface area (Å²) >= 11 is 0. The number of hydrogen-bond donors (Lipinski definition) is 1. The Bertz CT molecular complexity index is 606. The molecule has 2 aromatic rings. The molecule has 0 aliphatic carbocycles. The predicted octanol–water partition coefficient (Wildman–Crippen LogP) is 1.53. The first-order valence-electron chi connectivity index (χ1n) is 7.61. The number of ether oxygens (including phenoxy) is 1. The maximum atomic E-state index is 11.9. The van der Waals surface area contributed by atoms with Crippen molar-refractivity contribution < 1.29 is 14.1 Å². The van der Waals surface area contributed by atoms with Gasteiger partial charge in [0.05, 0.1) is 13.2 Å². The molecule has 0 saturated heterocycles. The summed E-state index contributed by atoms with van der Waals surface area (Å²) in [5.41, 5.74) is 0.255. The zero-order valence-corrected chi connectivity index (χ0v) is 13.1. The van der Waals surface area contributed by atoms with Crippen molar-refractivity contribution in [3.63, 3.8) is 0 Å². The molecule has 0 aliphatic rings. The van der Waals surface area contributed by atoms with Gasteiger partial charge in [0.1, 0.15) is 12.7 Å². The molecule has 0 saturated carbocycles. The van der Waals surface area contributed by atoms with Crippen LogP contribution in [0.25, 0.3) is 6.08 Å². The van der Waals surface area contributed by atoms with Crippen LogP contribution < -0.4 is 5.32 Å². The van der Waals surface area contributed by atoms with Crippen molar-refractivity contribution in [3.8, 4) is 0 Å². The lowest BCUT2D eigenvalue weighted by Gasteiger charge is -2.01. The normalized spacial score (nSPS) is 11.2. The van der Waals surface area contributed by atoms with Crippen molar-refractivity contribution in [1.29, 1.82) is 0 Å². The van der Waals surface area contributed by atoms with Crippen LogP contribution in [0.15, 0.2) is 29.3 Å². The van der Waals surface area contributed by atoms with E-state index in [1.807, 2.05) is 6.08 Å². The molecule has 0 fully saturated rings. The van der Waals surface area contributed by atoms with Gasteiger partial charge in [-0.05, 0) is 18.9 Å². The van der Waals surface area contributed by atoms with Crippen LogP contribution in [-0.4, -0.2) is 45.6 Å². The van der Waals surface area contributed by atoms with E-state index in [4.69, 9.17) is 9.26 Å². The van der Waals surface area contributed by atoms with Crippen molar-refractivity contribution in [3.05, 3.63) is 36.3 Å². The van der Waals surface area contributed by atoms with Crippen LogP contribution in [-0.2, 0) is 11.3 Å². The van der Waals surface area contributed by atoms with E-state index in [-0.39, 0.29) is 11.6 Å². The second kappa shape index (κ2) is 9.52. The molecule has 1 amide bonds. The number of carbonyl (C=O) groups excluding carboxylic acids is 1. The molecule has 2 rings (SSSR count). The van der Waals surface area contributed by atoms with Crippen molar-refractivity contribution >= 4 is 12.0 Å². The molecule has 0 spiro atoms. The summed E-state index contributed by atoms with van der Waals surface area (Å²) in [6, 6.07) is 1.61. The lowest BCUT2D eigenvalue weighted by Crippen LogP contribution is -2.27. The quantitative estimate of drug-likeness (QED) is 0.667. The van der Waals surface area contributed by atoms with Gasteiger partial charge in [-0.25, -0.2) is 4.98 Å². The maximum absolute atomic E-state index is 11.9. The van der Waals surface area contributed by atoms with Gasteiger partial charge in [-0.2, -0.15) is 5.10 Å². The van der Waals surface area contributed by atoms with Crippen molar-refractivity contribution in [1.82, 2.24) is 25.2 Å². The van der Waals surface area contributed by atoms with Gasteiger partial charge in [-0.1, -0.05) is 18.2 Å². The molecule has 23 heavy (non-hydrogen) atoms. The van der Waals surface area contributed by atoms with Gasteiger partial charge in [0.25, 0.3) is 5.91 Å². The zero-order chi connectivity index (χ0) is 16.3. The Morgan fingerprint density at radius 1 is 1.48 bits per heavy atom. The van der Waals surface area contributed by atoms with Gasteiger partial charge >= 0.3 is 0 Å². The maximum Gasteiger partial charge on any atom is 0.273 e. The molecule has 0 aromatic carbocycles. The highest BCUT2D eigenvalue weighted by atomic mass is 16.5. The van der Waals surface area contributed by atoms with Gasteiger partial charge in [0.15, 0.2) is 11.5 Å². The summed E-state index contributed by atoms with van der Waals surface area (Å²) < 4.78 is 12.1. The van der Waals surface area contributed by atoms with Crippen LogP contribution in [0.4, 0.5) is 0 Å². The Balaban J connectivity index is 1.70. The van der Waals surface area contributed by atoms with Crippen LogP contribution in [0.3, 0.4) is 0 Å². The van der Waals surface area contributed by atoms with E-state index in [0.29, 0.717) is 25.5 Å². The van der Waals surface area contributed by atoms with Gasteiger partial charge in [-0.15, -0.1) is 0 Å². The van der Waals surface area contributed by atoms with Crippen LogP contribution in [0.2, 0.25) is 0 Å². The van der Waals surface area contributed by atoms with E-state index in [9.17, 15) is 4.79 Å². The molecule has 1 N–H and O–H groups in total. The van der Waals surface area contributed by atoms with E-state index in [0.717, 1.165) is 19.4 Å². The monoisotopic (exact) mass is 319 g/mol. The fraction of sp³-hybridized carbons (Fsp3) is 0.467. The van der Waals surface area contributed by atoms with Gasteiger partial charge in [-0.3, -0.25) is 9.48 Å². The number of aromatic nitrogens is 4. The Hall–Kier alpha value is -2.48. The molecule has 0 unspecified atom stereocenters. The van der Waals surface area contributed by atoms with Crippen LogP contribution in [0.5, 0.6) is 0 Å². The van der Waals surface area contributed by atoms with Crippen LogP contribution in [0.1, 0.15) is 36.0 Å². The Kier molecular flexibility index (Phi) is 6.99. The SMILES string of the molecule is CCCOCC/C=C\c1cc(C(=O)NCCn2cncn2)no1. The van der Waals surface area contributed by atoms with Crippen molar-refractivity contribution in [2.45, 2.75) is 26.3 Å². The summed E-state index contributed by atoms with van der Waals surface area (Å²) in [6.07, 6.45) is 8.57. The fourth-order valence-corrected chi connectivity index (χ4v) is 1.79. The molecule has 2 aromatic heterocycles. The third-order valence-electron chi connectivity index (χ3n) is 2.91. The molecule has 0 aliphatic heterocycles. The minimum absolute atomic E-state index is 0.255. The lowest BCUT2D eigenvalue weighted by molar-refractivity contribution is 0.0943. The lowest BCUT2D eigenvalue weighted by atomic mass is 10.3. The summed E-state index contributed by atoms with van der Waals surface area (Å²) in [5, 5.41) is 10.5. The first-order chi connectivity index (χ1) is 11.3. The van der Waals surface area contributed by atoms with Gasteiger partial charge in [0.2, 0.25) is 0 Å². The molecule has 0 atom stereocenters. The predicted molar refractivity (Wildman–Crippen MR) is 83.6 cm³/mol. The van der Waals surface area contributed by atoms with Gasteiger partial charge in [0, 0.05) is 19.2 Å². The standard InChI is InChI=1S/C15H21N5O3/c1-2-8-22-9-4-3-5-13-10-14(19-23-13)15(21)17-6-7-20-12-16-11-18-20/h3,5,10-12H,2,4,6-9H2,1H3,(H,17,21)/b5-3-. The molecule has 8 heteroatoms. The highest BCUT2D eigenvalue weighted by Gasteiger charge is 2.10. The molecule has 2 heterocycles. The van der Waals surface area contributed by atoms with E-state index in [1.165, 1.54) is 6.33 Å². The third-order valence-corrected chi connectivity index (χ3v) is 2.91. The third kappa shape index (κ3) is 6.03. The van der Waals surface area contributed by atoms with Crippen molar-refractivity contribution in [2.75, 3.05) is 19.8 Å². The fourth-order valence-electron chi connectivity index (χ4n) is 1.79. The van der Waals surface area contributed by atoms with E-state index >= 15 is 0 Å². The minimum Gasteiger partial charge on any atom is -0.381 e. The topological polar surface area (TPSA) is 95.1 Å². The summed E-state index contributed by atoms with van der Waals surface area (Å²) in [5.74, 6) is 0.265. The average molecular weight is 319 g/mol. The number of hydrogen-bond acceptors (Lipinski definition) is 6. The Morgan fingerprint density at radius 3 is 3.17 bits per heavy atom. The average Bonchev–Trinajstić information content (AvgIpc) is 3.22. The second-order valence-electron chi connectivity index (χ2n) is 4.83. The van der Waals surface area contributed by atoms with E-state index < -0.39 is 0 Å². The number of nitrogens with zero attached hydrogens (tertiary/aromatic N) is 4. The minimum atomic E-state index is -0.278. The van der Waals surface area contributed by atoms with Gasteiger partial charge < -0.3 is 14.6 Å². The Morgan fingerprint density at radius 2 is 2.39 bits per heavy atom. The molecule has 124 valence electrons. The number of amides is 1. The number of nitrogens with one attached hydrogen (secondary N) is 1. The van der Waals surface area contributed by atoms with Crippen LogP contribution >= 0.6 is 0 Å². The van der Waals surface area contributed by atoms with E-state index in [2.05, 4.69) is 27.5 Å². The highest BCUT2D eigenvalue weighted by Crippen LogP contribution is 2.06. The van der Waals surface area contributed by atoms with Crippen molar-refractivity contribution in [2.24, 2.45) is 0 Å². The second-order valence-corrected chi connectivity index (χ2v) is 4.83. The molecular weight excluding hydrogens is 298 g/mol. The smallest absolute Gasteiger partial charge is 0.273 e. The van der Waals surface area contributed by atoms with Crippen LogP contribution in [0, 0.1) is 0 Å². The molecule has 0 radical (unpaired) electrons. The largest absolute Gasteiger partial charge is 0.381 e. The van der Waals surface area contributed by atoms with E-state index in [1.54, 1.807) is 23.2 Å². The molecule has 8 nitrogen and oxygen atoms in total. The summed E-state index contributed by atoms with van der Waals surface area (Å²) in [7, 11) is 0. The molecule has 0 bridgehead atoms. The Labute approximate surface area is 134 Å². The first kappa shape index (κ1) is 16.9. The number of carbonyl (C=O) groups is 1. The highest BCUT2D eigenvalue weighted by molar-refractivity contribution is 5.92.